The average Bonchev–Trinajstić information content (AvgIpc) is 2.85. The number of thioether (sulfide) groups is 1. The van der Waals surface area contributed by atoms with Crippen molar-refractivity contribution in [1.82, 2.24) is 19.9 Å². The number of ether oxygens (including phenoxy) is 1. The quantitative estimate of drug-likeness (QED) is 0.324. The third-order valence-corrected chi connectivity index (χ3v) is 7.21. The molecule has 0 N–H and O–H groups in total. The van der Waals surface area contributed by atoms with Crippen LogP contribution >= 0.6 is 23.4 Å². The summed E-state index contributed by atoms with van der Waals surface area (Å²) in [6, 6.07) is -0.0730. The normalized spacial score (nSPS) is 22.8. The molecule has 2 aliphatic rings. The van der Waals surface area contributed by atoms with Crippen molar-refractivity contribution >= 4 is 46.2 Å². The lowest BCUT2D eigenvalue weighted by molar-refractivity contribution is 0.00798. The minimum Gasteiger partial charge on any atom is -0.444 e. The zero-order chi connectivity index (χ0) is 24.1. The molecule has 2 aliphatic heterocycles. The number of hydrogen-bond acceptors (Lipinski definition) is 7. The molecule has 7 nitrogen and oxygen atoms in total. The lowest BCUT2D eigenvalue weighted by atomic mass is 9.92. The smallest absolute Gasteiger partial charge is 0.410 e. The first-order chi connectivity index (χ1) is 15.5. The van der Waals surface area contributed by atoms with Crippen LogP contribution in [0.4, 0.5) is 15.0 Å². The molecule has 0 unspecified atom stereocenters. The largest absolute Gasteiger partial charge is 0.444 e. The van der Waals surface area contributed by atoms with E-state index in [-0.39, 0.29) is 34.8 Å². The predicted molar refractivity (Wildman–Crippen MR) is 130 cm³/mol. The number of hydrogen-bond donors (Lipinski definition) is 0. The molecule has 4 rings (SSSR count). The van der Waals surface area contributed by atoms with Gasteiger partial charge in [-0.1, -0.05) is 44.1 Å². The fourth-order valence-corrected chi connectivity index (χ4v) is 5.46. The minimum absolute atomic E-state index is 0.0195. The van der Waals surface area contributed by atoms with Gasteiger partial charge in [-0.05, 0) is 45.3 Å². The molecule has 0 bridgehead atoms. The predicted octanol–water partition coefficient (Wildman–Crippen LogP) is 5.33. The van der Waals surface area contributed by atoms with Crippen LogP contribution in [0, 0.1) is 11.7 Å². The van der Waals surface area contributed by atoms with Crippen molar-refractivity contribution in [1.29, 1.82) is 0 Å². The van der Waals surface area contributed by atoms with Crippen molar-refractivity contribution in [2.75, 3.05) is 23.7 Å². The Balaban J connectivity index is 1.83. The van der Waals surface area contributed by atoms with E-state index in [1.807, 2.05) is 32.6 Å². The molecule has 2 aromatic heterocycles. The molecule has 1 fully saturated rings. The van der Waals surface area contributed by atoms with E-state index in [9.17, 15) is 4.79 Å². The summed E-state index contributed by atoms with van der Waals surface area (Å²) in [5.41, 5.74) is 0.362. The number of amides is 1. The zero-order valence-corrected chi connectivity index (χ0v) is 21.6. The topological polar surface area (TPSA) is 71.5 Å². The Morgan fingerprint density at radius 2 is 1.97 bits per heavy atom. The van der Waals surface area contributed by atoms with Crippen LogP contribution in [0.5, 0.6) is 0 Å². The van der Waals surface area contributed by atoms with Crippen molar-refractivity contribution in [2.45, 2.75) is 77.2 Å². The maximum atomic E-state index is 15.1. The standard InChI is InChI=1S/C23H31ClFN5O2S/c1-7-13-10-30-15(11-29(13)22(31)32-23(4,5)6)12(3)9-14-16-18(17(25)19(24)26-14)27-21(33-8-2)28-20(16)30/h12-13,15H,7-11H2,1-6H3/t12-,13+,15+/m0/s1. The van der Waals surface area contributed by atoms with Gasteiger partial charge in [0.15, 0.2) is 16.1 Å². The van der Waals surface area contributed by atoms with Crippen LogP contribution in [0.2, 0.25) is 5.15 Å². The number of aromatic nitrogens is 3. The molecular weight excluding hydrogens is 465 g/mol. The summed E-state index contributed by atoms with van der Waals surface area (Å²) in [4.78, 5) is 30.9. The Bertz CT molecular complexity index is 1080. The summed E-state index contributed by atoms with van der Waals surface area (Å²) in [7, 11) is 0. The molecule has 10 heteroatoms. The number of anilines is 1. The number of pyridine rings is 1. The van der Waals surface area contributed by atoms with Gasteiger partial charge in [0, 0.05) is 13.1 Å². The van der Waals surface area contributed by atoms with Gasteiger partial charge in [0.05, 0.1) is 23.2 Å². The molecule has 0 radical (unpaired) electrons. The van der Waals surface area contributed by atoms with Gasteiger partial charge in [-0.2, -0.15) is 0 Å². The van der Waals surface area contributed by atoms with Gasteiger partial charge in [0.2, 0.25) is 0 Å². The monoisotopic (exact) mass is 495 g/mol. The number of rotatable bonds is 3. The summed E-state index contributed by atoms with van der Waals surface area (Å²) < 4.78 is 20.8. The first-order valence-electron chi connectivity index (χ1n) is 11.5. The molecule has 180 valence electrons. The van der Waals surface area contributed by atoms with E-state index in [1.54, 1.807) is 0 Å². The van der Waals surface area contributed by atoms with Gasteiger partial charge in [-0.3, -0.25) is 0 Å². The summed E-state index contributed by atoms with van der Waals surface area (Å²) in [5, 5.41) is 0.985. The third-order valence-electron chi connectivity index (χ3n) is 6.23. The van der Waals surface area contributed by atoms with E-state index in [0.717, 1.165) is 12.2 Å². The summed E-state index contributed by atoms with van der Waals surface area (Å²) >= 11 is 7.63. The highest BCUT2D eigenvalue weighted by Crippen LogP contribution is 2.40. The molecule has 1 amide bonds. The number of carbonyl (C=O) groups is 1. The van der Waals surface area contributed by atoms with Crippen molar-refractivity contribution in [3.8, 4) is 0 Å². The average molecular weight is 496 g/mol. The Hall–Kier alpha value is -1.87. The van der Waals surface area contributed by atoms with Crippen molar-refractivity contribution in [3.63, 3.8) is 0 Å². The molecule has 2 aromatic rings. The molecule has 1 saturated heterocycles. The zero-order valence-electron chi connectivity index (χ0n) is 20.0. The van der Waals surface area contributed by atoms with Crippen LogP contribution in [0.1, 0.15) is 53.7 Å². The SMILES string of the molecule is CCSc1nc2c3c(nc(Cl)c(F)c3n1)C[C@H](C)[C@H]1CN(C(=O)OC(C)(C)C)[C@H](CC)CN21. The molecule has 0 saturated carbocycles. The number of halogens is 2. The van der Waals surface area contributed by atoms with Gasteiger partial charge in [0.25, 0.3) is 0 Å². The second-order valence-electron chi connectivity index (χ2n) is 9.75. The molecule has 0 aromatic carbocycles. The van der Waals surface area contributed by atoms with Gasteiger partial charge < -0.3 is 14.5 Å². The van der Waals surface area contributed by atoms with Crippen LogP contribution in [-0.4, -0.2) is 62.5 Å². The van der Waals surface area contributed by atoms with Gasteiger partial charge >= 0.3 is 6.09 Å². The van der Waals surface area contributed by atoms with Crippen LogP contribution < -0.4 is 4.90 Å². The minimum atomic E-state index is -0.609. The van der Waals surface area contributed by atoms with Crippen molar-refractivity contribution in [2.24, 2.45) is 5.92 Å². The first-order valence-corrected chi connectivity index (χ1v) is 12.8. The van der Waals surface area contributed by atoms with Gasteiger partial charge in [-0.25, -0.2) is 24.1 Å². The number of nitrogens with zero attached hydrogens (tertiary/aromatic N) is 5. The van der Waals surface area contributed by atoms with Crippen LogP contribution in [0.15, 0.2) is 5.16 Å². The van der Waals surface area contributed by atoms with E-state index in [2.05, 4.69) is 28.7 Å². The maximum Gasteiger partial charge on any atom is 0.410 e. The number of fused-ring (bicyclic) bond motifs is 2. The van der Waals surface area contributed by atoms with E-state index in [4.69, 9.17) is 21.3 Å². The van der Waals surface area contributed by atoms with E-state index < -0.39 is 11.4 Å². The van der Waals surface area contributed by atoms with Crippen molar-refractivity contribution < 1.29 is 13.9 Å². The van der Waals surface area contributed by atoms with Crippen LogP contribution in [-0.2, 0) is 11.2 Å². The maximum absolute atomic E-state index is 15.1. The summed E-state index contributed by atoms with van der Waals surface area (Å²) in [6.07, 6.45) is 1.06. The second-order valence-corrected chi connectivity index (χ2v) is 11.3. The Kier molecular flexibility index (Phi) is 6.66. The fraction of sp³-hybridized carbons (Fsp3) is 0.652. The molecule has 4 heterocycles. The Labute approximate surface area is 203 Å². The molecule has 0 aliphatic carbocycles. The van der Waals surface area contributed by atoms with Crippen molar-refractivity contribution in [3.05, 3.63) is 16.7 Å². The first kappa shape index (κ1) is 24.3. The number of carbonyl (C=O) groups excluding carboxylic acids is 1. The Morgan fingerprint density at radius 3 is 2.61 bits per heavy atom. The Morgan fingerprint density at radius 1 is 1.24 bits per heavy atom. The van der Waals surface area contributed by atoms with E-state index >= 15 is 4.39 Å². The summed E-state index contributed by atoms with van der Waals surface area (Å²) in [6.45, 7) is 12.9. The van der Waals surface area contributed by atoms with Gasteiger partial charge in [0.1, 0.15) is 16.9 Å². The highest BCUT2D eigenvalue weighted by molar-refractivity contribution is 7.99. The van der Waals surface area contributed by atoms with Crippen LogP contribution in [0.25, 0.3) is 10.9 Å². The lowest BCUT2D eigenvalue weighted by Crippen LogP contribution is -2.62. The molecule has 33 heavy (non-hydrogen) atoms. The third kappa shape index (κ3) is 4.58. The number of piperazine rings is 1. The van der Waals surface area contributed by atoms with E-state index in [0.29, 0.717) is 41.6 Å². The lowest BCUT2D eigenvalue weighted by Gasteiger charge is -2.48. The molecule has 0 spiro atoms. The molecule has 3 atom stereocenters. The fourth-order valence-electron chi connectivity index (χ4n) is 4.70. The van der Waals surface area contributed by atoms with E-state index in [1.165, 1.54) is 11.8 Å². The van der Waals surface area contributed by atoms with Gasteiger partial charge in [-0.15, -0.1) is 0 Å². The molecular formula is C23H31ClFN5O2S. The van der Waals surface area contributed by atoms with Crippen LogP contribution in [0.3, 0.4) is 0 Å². The second kappa shape index (κ2) is 9.06. The summed E-state index contributed by atoms with van der Waals surface area (Å²) in [5.74, 6) is 0.969. The highest BCUT2D eigenvalue weighted by Gasteiger charge is 2.43. The highest BCUT2D eigenvalue weighted by atomic mass is 35.5.